The van der Waals surface area contributed by atoms with Crippen LogP contribution in [0.5, 0.6) is 0 Å². The Balaban J connectivity index is 2.06. The van der Waals surface area contributed by atoms with Crippen molar-refractivity contribution < 1.29 is 12.8 Å². The lowest BCUT2D eigenvalue weighted by atomic mass is 10.2. The molecule has 0 amide bonds. The average molecular weight is 373 g/mol. The maximum atomic E-state index is 12.5. The first-order chi connectivity index (χ1) is 10.8. The molecule has 1 aromatic heterocycles. The molecule has 0 radical (unpaired) electrons. The molecule has 23 heavy (non-hydrogen) atoms. The van der Waals surface area contributed by atoms with E-state index in [0.29, 0.717) is 16.2 Å². The molecule has 0 aliphatic heterocycles. The topological polar surface area (TPSA) is 92.2 Å². The molecular formula is C14H10Cl2N2O4S. The molecule has 1 heterocycles. The van der Waals surface area contributed by atoms with E-state index in [1.165, 1.54) is 18.2 Å². The third kappa shape index (κ3) is 3.08. The average Bonchev–Trinajstić information content (AvgIpc) is 2.80. The molecule has 3 aromatic rings. The summed E-state index contributed by atoms with van der Waals surface area (Å²) in [7, 11) is -3.97. The normalized spacial score (nSPS) is 11.8. The molecule has 0 fully saturated rings. The van der Waals surface area contributed by atoms with Gasteiger partial charge in [0.1, 0.15) is 4.90 Å². The number of hydrogen-bond acceptors (Lipinski definition) is 4. The summed E-state index contributed by atoms with van der Waals surface area (Å²) in [5.74, 6) is -0.691. The Kier molecular flexibility index (Phi) is 3.87. The van der Waals surface area contributed by atoms with E-state index in [9.17, 15) is 13.2 Å². The van der Waals surface area contributed by atoms with Crippen molar-refractivity contribution in [2.45, 2.75) is 11.8 Å². The lowest BCUT2D eigenvalue weighted by Crippen LogP contribution is -2.13. The predicted molar refractivity (Wildman–Crippen MR) is 88.8 cm³/mol. The maximum Gasteiger partial charge on any atom is 0.417 e. The van der Waals surface area contributed by atoms with Gasteiger partial charge in [0, 0.05) is 11.1 Å². The Morgan fingerprint density at radius 1 is 1.13 bits per heavy atom. The quantitative estimate of drug-likeness (QED) is 0.735. The van der Waals surface area contributed by atoms with Gasteiger partial charge in [-0.1, -0.05) is 29.3 Å². The molecule has 2 N–H and O–H groups in total. The number of sulfonamides is 1. The maximum absolute atomic E-state index is 12.5. The second-order valence-corrected chi connectivity index (χ2v) is 7.33. The van der Waals surface area contributed by atoms with Crippen LogP contribution in [0.3, 0.4) is 0 Å². The van der Waals surface area contributed by atoms with Gasteiger partial charge in [-0.15, -0.1) is 0 Å². The summed E-state index contributed by atoms with van der Waals surface area (Å²) >= 11 is 12.0. The highest BCUT2D eigenvalue weighted by molar-refractivity contribution is 7.92. The molecule has 0 bridgehead atoms. The number of aromatic amines is 1. The first-order valence-electron chi connectivity index (χ1n) is 6.37. The van der Waals surface area contributed by atoms with E-state index in [4.69, 9.17) is 27.6 Å². The van der Waals surface area contributed by atoms with Crippen molar-refractivity contribution in [2.75, 3.05) is 4.72 Å². The Morgan fingerprint density at radius 3 is 2.57 bits per heavy atom. The highest BCUT2D eigenvalue weighted by Gasteiger charge is 2.20. The largest absolute Gasteiger partial charge is 0.417 e. The molecule has 0 saturated carbocycles. The summed E-state index contributed by atoms with van der Waals surface area (Å²) in [6, 6.07) is 7.28. The fraction of sp³-hybridized carbons (Fsp3) is 0.0714. The van der Waals surface area contributed by atoms with Crippen molar-refractivity contribution in [3.05, 3.63) is 56.5 Å². The molecule has 9 heteroatoms. The summed E-state index contributed by atoms with van der Waals surface area (Å²) < 4.78 is 32.2. The van der Waals surface area contributed by atoms with Crippen LogP contribution in [0.4, 0.5) is 5.69 Å². The van der Waals surface area contributed by atoms with Crippen molar-refractivity contribution in [3.63, 3.8) is 0 Å². The highest BCUT2D eigenvalue weighted by Crippen LogP contribution is 2.29. The molecule has 3 rings (SSSR count). The van der Waals surface area contributed by atoms with Crippen LogP contribution in [0, 0.1) is 6.92 Å². The smallest absolute Gasteiger partial charge is 0.408 e. The zero-order valence-corrected chi connectivity index (χ0v) is 14.0. The predicted octanol–water partition coefficient (Wildman–Crippen LogP) is 3.54. The molecule has 0 unspecified atom stereocenters. The van der Waals surface area contributed by atoms with E-state index in [-0.39, 0.29) is 15.5 Å². The standard InChI is InChI=1S/C14H10Cl2N2O4S/c1-7-2-3-8(4-9(7)15)18-23(20,21)13-6-12-11(5-10(13)16)17-14(19)22-12/h2-6,18H,1H3,(H,17,19). The summed E-state index contributed by atoms with van der Waals surface area (Å²) in [6.07, 6.45) is 0. The van der Waals surface area contributed by atoms with Crippen molar-refractivity contribution in [1.29, 1.82) is 0 Å². The number of H-pyrrole nitrogens is 1. The van der Waals surface area contributed by atoms with E-state index >= 15 is 0 Å². The third-order valence-electron chi connectivity index (χ3n) is 3.19. The molecule has 120 valence electrons. The lowest BCUT2D eigenvalue weighted by molar-refractivity contribution is 0.554. The number of benzene rings is 2. The van der Waals surface area contributed by atoms with Crippen LogP contribution < -0.4 is 10.5 Å². The van der Waals surface area contributed by atoms with Gasteiger partial charge in [-0.2, -0.15) is 0 Å². The summed E-state index contributed by atoms with van der Waals surface area (Å²) in [6.45, 7) is 1.80. The number of rotatable bonds is 3. The number of aromatic nitrogens is 1. The number of halogens is 2. The molecular weight excluding hydrogens is 363 g/mol. The Bertz CT molecular complexity index is 1070. The Labute approximate surface area is 141 Å². The monoisotopic (exact) mass is 372 g/mol. The van der Waals surface area contributed by atoms with Gasteiger partial charge >= 0.3 is 5.76 Å². The molecule has 0 saturated heterocycles. The van der Waals surface area contributed by atoms with Crippen LogP contribution in [0.25, 0.3) is 11.1 Å². The zero-order chi connectivity index (χ0) is 16.8. The number of anilines is 1. The Morgan fingerprint density at radius 2 is 1.87 bits per heavy atom. The lowest BCUT2D eigenvalue weighted by Gasteiger charge is -2.10. The number of fused-ring (bicyclic) bond motifs is 1. The van der Waals surface area contributed by atoms with E-state index in [1.54, 1.807) is 19.1 Å². The van der Waals surface area contributed by atoms with Gasteiger partial charge in [0.25, 0.3) is 10.0 Å². The van der Waals surface area contributed by atoms with E-state index in [0.717, 1.165) is 5.56 Å². The number of oxazole rings is 1. The van der Waals surface area contributed by atoms with Crippen LogP contribution in [-0.2, 0) is 10.0 Å². The van der Waals surface area contributed by atoms with Crippen LogP contribution >= 0.6 is 23.2 Å². The van der Waals surface area contributed by atoms with Gasteiger partial charge in [-0.05, 0) is 30.7 Å². The van der Waals surface area contributed by atoms with Crippen LogP contribution in [0.15, 0.2) is 44.4 Å². The van der Waals surface area contributed by atoms with Crippen molar-refractivity contribution in [2.24, 2.45) is 0 Å². The molecule has 2 aromatic carbocycles. The first kappa shape index (κ1) is 15.9. The molecule has 0 aliphatic carbocycles. The fourth-order valence-electron chi connectivity index (χ4n) is 2.02. The van der Waals surface area contributed by atoms with Crippen molar-refractivity contribution in [3.8, 4) is 0 Å². The van der Waals surface area contributed by atoms with Gasteiger partial charge in [0.15, 0.2) is 5.58 Å². The Hall–Kier alpha value is -1.96. The van der Waals surface area contributed by atoms with E-state index < -0.39 is 15.8 Å². The summed E-state index contributed by atoms with van der Waals surface area (Å²) in [5, 5.41) is 0.392. The van der Waals surface area contributed by atoms with Crippen LogP contribution in [0.1, 0.15) is 5.56 Å². The van der Waals surface area contributed by atoms with Crippen LogP contribution in [0.2, 0.25) is 10.0 Å². The third-order valence-corrected chi connectivity index (χ3v) is 5.44. The van der Waals surface area contributed by atoms with E-state index in [1.807, 2.05) is 0 Å². The van der Waals surface area contributed by atoms with Gasteiger partial charge in [0.05, 0.1) is 16.2 Å². The summed E-state index contributed by atoms with van der Waals surface area (Å²) in [4.78, 5) is 13.4. The SMILES string of the molecule is Cc1ccc(NS(=O)(=O)c2cc3oc(=O)[nH]c3cc2Cl)cc1Cl. The molecule has 0 atom stereocenters. The minimum Gasteiger partial charge on any atom is -0.408 e. The minimum atomic E-state index is -3.97. The molecule has 6 nitrogen and oxygen atoms in total. The second kappa shape index (κ2) is 5.59. The minimum absolute atomic E-state index is 0.0414. The molecule has 0 spiro atoms. The first-order valence-corrected chi connectivity index (χ1v) is 8.61. The number of nitrogens with one attached hydrogen (secondary N) is 2. The van der Waals surface area contributed by atoms with Gasteiger partial charge in [0.2, 0.25) is 0 Å². The van der Waals surface area contributed by atoms with Crippen molar-refractivity contribution in [1.82, 2.24) is 4.98 Å². The van der Waals surface area contributed by atoms with Gasteiger partial charge in [-0.3, -0.25) is 9.71 Å². The van der Waals surface area contributed by atoms with Crippen molar-refractivity contribution >= 4 is 50.0 Å². The van der Waals surface area contributed by atoms with Crippen LogP contribution in [-0.4, -0.2) is 13.4 Å². The second-order valence-electron chi connectivity index (χ2n) is 4.86. The number of aryl methyl sites for hydroxylation is 1. The van der Waals surface area contributed by atoms with Gasteiger partial charge in [-0.25, -0.2) is 13.2 Å². The number of hydrogen-bond donors (Lipinski definition) is 2. The molecule has 0 aliphatic rings. The van der Waals surface area contributed by atoms with E-state index in [2.05, 4.69) is 9.71 Å². The highest BCUT2D eigenvalue weighted by atomic mass is 35.5. The van der Waals surface area contributed by atoms with Gasteiger partial charge < -0.3 is 4.42 Å². The zero-order valence-electron chi connectivity index (χ0n) is 11.7. The summed E-state index contributed by atoms with van der Waals surface area (Å²) in [5.41, 5.74) is 1.54. The fourth-order valence-corrected chi connectivity index (χ4v) is 3.80.